The fourth-order valence-corrected chi connectivity index (χ4v) is 0. The van der Waals surface area contributed by atoms with E-state index in [1.807, 2.05) is 6.92 Å². The van der Waals surface area contributed by atoms with Gasteiger partial charge >= 0.3 is 0 Å². The van der Waals surface area contributed by atoms with Crippen LogP contribution in [0, 0.1) is 0 Å². The van der Waals surface area contributed by atoms with E-state index < -0.39 is 0 Å². The van der Waals surface area contributed by atoms with Gasteiger partial charge in [0.15, 0.2) is 0 Å². The Kier molecular flexibility index (Phi) is 180. The third-order valence-corrected chi connectivity index (χ3v) is 0. The second kappa shape index (κ2) is 65.7. The van der Waals surface area contributed by atoms with Crippen LogP contribution in [0.5, 0.6) is 0 Å². The molecule has 0 bridgehead atoms. The Balaban J connectivity index is -0.0000000275. The van der Waals surface area contributed by atoms with E-state index in [1.54, 1.807) is 0 Å². The molecule has 0 radical (unpaired) electrons. The molecule has 0 saturated heterocycles. The highest BCUT2D eigenvalue weighted by Crippen LogP contribution is 1.20. The van der Waals surface area contributed by atoms with Crippen LogP contribution < -0.4 is 5.73 Å². The molecule has 0 aromatic carbocycles. The van der Waals surface area contributed by atoms with Crippen molar-refractivity contribution in [3.05, 3.63) is 0 Å². The van der Waals surface area contributed by atoms with Crippen LogP contribution >= 0.6 is 12.4 Å². The summed E-state index contributed by atoms with van der Waals surface area (Å²) in [7, 11) is 0. The molecule has 0 rings (SSSR count). The van der Waals surface area contributed by atoms with Crippen molar-refractivity contribution in [2.45, 2.75) is 6.92 Å². The maximum Gasteiger partial charge on any atom is -0.0106 e. The molecule has 4 heteroatoms. The van der Waals surface area contributed by atoms with Crippen LogP contribution in [0.25, 0.3) is 0 Å². The molecule has 42 valence electrons. The van der Waals surface area contributed by atoms with E-state index in [1.165, 1.54) is 0 Å². The third-order valence-electron chi connectivity index (χ3n) is 0. The highest BCUT2D eigenvalue weighted by molar-refractivity contribution is 5.85. The molecule has 0 fully saturated rings. The average molecular weight is 116 g/mol. The lowest BCUT2D eigenvalue weighted by molar-refractivity contribution is -0.176. The molecule has 0 aromatic heterocycles. The average Bonchev–Trinajstić information content (AvgIpc) is 1.46. The van der Waals surface area contributed by atoms with Crippen molar-refractivity contribution >= 4 is 12.4 Å². The van der Waals surface area contributed by atoms with Crippen LogP contribution in [0.1, 0.15) is 6.92 Å². The van der Waals surface area contributed by atoms with Crippen LogP contribution in [0.15, 0.2) is 0 Å². The highest BCUT2D eigenvalue weighted by Gasteiger charge is 1.32. The summed E-state index contributed by atoms with van der Waals surface area (Å²) in [4.78, 5) is 0. The van der Waals surface area contributed by atoms with Crippen molar-refractivity contribution in [2.75, 3.05) is 6.54 Å². The minimum atomic E-state index is 0. The zero-order chi connectivity index (χ0) is 4.71. The summed E-state index contributed by atoms with van der Waals surface area (Å²) in [5.74, 6) is 0. The quantitative estimate of drug-likeness (QED) is 0.316. The van der Waals surface area contributed by atoms with Crippen LogP contribution in [0.3, 0.4) is 0 Å². The minimum Gasteiger partial charge on any atom is -0.331 e. The van der Waals surface area contributed by atoms with Crippen LogP contribution in [0.2, 0.25) is 0 Å². The van der Waals surface area contributed by atoms with Gasteiger partial charge in [0.25, 0.3) is 0 Å². The molecule has 0 saturated carbocycles. The monoisotopic (exact) mass is 115 g/mol. The van der Waals surface area contributed by atoms with Gasteiger partial charge in [0.05, 0.1) is 0 Å². The first-order valence-corrected chi connectivity index (χ1v) is 1.32. The van der Waals surface area contributed by atoms with Crippen molar-refractivity contribution in [1.29, 1.82) is 0 Å². The third kappa shape index (κ3) is 1450. The van der Waals surface area contributed by atoms with Gasteiger partial charge in [-0.1, -0.05) is 6.92 Å². The molecule has 0 heterocycles. The van der Waals surface area contributed by atoms with E-state index in [2.05, 4.69) is 0 Å². The Morgan fingerprint density at radius 2 is 1.50 bits per heavy atom. The van der Waals surface area contributed by atoms with Gasteiger partial charge in [0.1, 0.15) is 0 Å². The summed E-state index contributed by atoms with van der Waals surface area (Å²) in [5, 5.41) is 12.0. The van der Waals surface area contributed by atoms with Crippen molar-refractivity contribution in [1.82, 2.24) is 0 Å². The molecule has 0 spiro atoms. The summed E-state index contributed by atoms with van der Waals surface area (Å²) in [6.07, 6.45) is 0. The topological polar surface area (TPSA) is 66.5 Å². The second-order valence-electron chi connectivity index (χ2n) is 0.408. The number of hydrogen-bond acceptors (Lipinski definition) is 3. The SMILES string of the molecule is CCN.Cl.OO. The normalized spacial score (nSPS) is 4.00. The number of nitrogens with two attached hydrogens (primary N) is 1. The maximum atomic E-state index is 6.00. The summed E-state index contributed by atoms with van der Waals surface area (Å²) < 4.78 is 0. The Labute approximate surface area is 43.1 Å². The first-order chi connectivity index (χ1) is 2.41. The molecular formula is C2H10ClNO2. The minimum absolute atomic E-state index is 0. The van der Waals surface area contributed by atoms with E-state index in [0.717, 1.165) is 6.54 Å². The van der Waals surface area contributed by atoms with Crippen molar-refractivity contribution < 1.29 is 10.5 Å². The number of hydrogen-bond donors (Lipinski definition) is 3. The van der Waals surface area contributed by atoms with Gasteiger partial charge in [-0.2, -0.15) is 0 Å². The van der Waals surface area contributed by atoms with Crippen LogP contribution in [-0.4, -0.2) is 17.1 Å². The zero-order valence-electron chi connectivity index (χ0n) is 3.59. The molecule has 0 aromatic rings. The first-order valence-electron chi connectivity index (χ1n) is 1.32. The van der Waals surface area contributed by atoms with Crippen molar-refractivity contribution in [2.24, 2.45) is 5.73 Å². The number of halogens is 1. The lowest BCUT2D eigenvalue weighted by Gasteiger charge is -1.53. The Morgan fingerprint density at radius 1 is 1.50 bits per heavy atom. The van der Waals surface area contributed by atoms with Gasteiger partial charge < -0.3 is 5.73 Å². The maximum absolute atomic E-state index is 6.00. The van der Waals surface area contributed by atoms with Gasteiger partial charge in [0, 0.05) is 0 Å². The fourth-order valence-electron chi connectivity index (χ4n) is 0. The van der Waals surface area contributed by atoms with Crippen molar-refractivity contribution in [3.63, 3.8) is 0 Å². The Hall–Kier alpha value is 0.170. The number of rotatable bonds is 0. The van der Waals surface area contributed by atoms with E-state index in [0.29, 0.717) is 0 Å². The van der Waals surface area contributed by atoms with E-state index in [9.17, 15) is 0 Å². The Morgan fingerprint density at radius 3 is 1.50 bits per heavy atom. The molecule has 0 aliphatic carbocycles. The van der Waals surface area contributed by atoms with Crippen molar-refractivity contribution in [3.8, 4) is 0 Å². The van der Waals surface area contributed by atoms with Gasteiger partial charge in [-0.15, -0.1) is 12.4 Å². The standard InChI is InChI=1S/C2H7N.ClH.H2O2/c1-2-3;;1-2/h2-3H2,1H3;1H;1-2H. The van der Waals surface area contributed by atoms with Gasteiger partial charge in [0.2, 0.25) is 0 Å². The van der Waals surface area contributed by atoms with Gasteiger partial charge in [-0.25, -0.2) is 0 Å². The summed E-state index contributed by atoms with van der Waals surface area (Å²) >= 11 is 0. The predicted octanol–water partition coefficient (Wildman–Crippen LogP) is 0.404. The molecule has 0 unspecified atom stereocenters. The lowest BCUT2D eigenvalue weighted by atomic mass is 10.8. The van der Waals surface area contributed by atoms with E-state index >= 15 is 0 Å². The highest BCUT2D eigenvalue weighted by atomic mass is 35.5. The van der Waals surface area contributed by atoms with E-state index in [4.69, 9.17) is 16.2 Å². The van der Waals surface area contributed by atoms with Gasteiger partial charge in [-0.3, -0.25) is 10.5 Å². The van der Waals surface area contributed by atoms with Crippen LogP contribution in [-0.2, 0) is 0 Å². The molecule has 0 amide bonds. The molecule has 3 nitrogen and oxygen atoms in total. The predicted molar refractivity (Wildman–Crippen MR) is 27.2 cm³/mol. The molecule has 4 N–H and O–H groups in total. The van der Waals surface area contributed by atoms with Gasteiger partial charge in [-0.05, 0) is 6.54 Å². The molecule has 6 heavy (non-hydrogen) atoms. The summed E-state index contributed by atoms with van der Waals surface area (Å²) in [6, 6.07) is 0. The van der Waals surface area contributed by atoms with E-state index in [-0.39, 0.29) is 12.4 Å². The Bertz CT molecular complexity index is 11.5. The molecule has 0 atom stereocenters. The summed E-state index contributed by atoms with van der Waals surface area (Å²) in [6.45, 7) is 2.65. The molecule has 0 aliphatic rings. The smallest absolute Gasteiger partial charge is 0.0106 e. The summed E-state index contributed by atoms with van der Waals surface area (Å²) in [5.41, 5.74) is 4.85. The fraction of sp³-hybridized carbons (Fsp3) is 1.00. The first kappa shape index (κ1) is 16.4. The van der Waals surface area contributed by atoms with Crippen LogP contribution in [0.4, 0.5) is 0 Å². The molecule has 0 aliphatic heterocycles. The largest absolute Gasteiger partial charge is 0.331 e. The lowest BCUT2D eigenvalue weighted by Crippen LogP contribution is -1.87. The molecular weight excluding hydrogens is 105 g/mol. The zero-order valence-corrected chi connectivity index (χ0v) is 4.40. The second-order valence-corrected chi connectivity index (χ2v) is 0.408.